The lowest BCUT2D eigenvalue weighted by Crippen LogP contribution is -2.35. The monoisotopic (exact) mass is 142 g/mol. The molecule has 0 atom stereocenters. The van der Waals surface area contributed by atoms with E-state index in [-0.39, 0.29) is 12.1 Å². The fourth-order valence-corrected chi connectivity index (χ4v) is 1.23. The molecule has 0 amide bonds. The van der Waals surface area contributed by atoms with Crippen LogP contribution in [0, 0.1) is 0 Å². The van der Waals surface area contributed by atoms with Gasteiger partial charge < -0.3 is 5.11 Å². The van der Waals surface area contributed by atoms with Crippen LogP contribution in [0.25, 0.3) is 0 Å². The number of hydrazone groups is 1. The van der Waals surface area contributed by atoms with Crippen molar-refractivity contribution in [2.45, 2.75) is 25.3 Å². The van der Waals surface area contributed by atoms with E-state index in [0.717, 1.165) is 19.4 Å². The van der Waals surface area contributed by atoms with E-state index in [2.05, 4.69) is 11.8 Å². The van der Waals surface area contributed by atoms with E-state index in [1.54, 1.807) is 0 Å². The van der Waals surface area contributed by atoms with Crippen LogP contribution >= 0.6 is 0 Å². The number of rotatable bonds is 4. The number of nitrogens with zero attached hydrogens (tertiary/aromatic N) is 2. The van der Waals surface area contributed by atoms with Gasteiger partial charge in [0.05, 0.1) is 12.1 Å². The standard InChI is InChI=1S/C7H14N2O/c1-3-9(8-2)7(6-10)4-5-7/h10H,2-6H2,1H3. The first-order valence-corrected chi connectivity index (χ1v) is 3.64. The van der Waals surface area contributed by atoms with E-state index in [1.807, 2.05) is 11.9 Å². The van der Waals surface area contributed by atoms with Crippen LogP contribution < -0.4 is 0 Å². The third-order valence-electron chi connectivity index (χ3n) is 2.14. The van der Waals surface area contributed by atoms with E-state index in [0.29, 0.717) is 0 Å². The second-order valence-electron chi connectivity index (χ2n) is 2.74. The van der Waals surface area contributed by atoms with E-state index < -0.39 is 0 Å². The second kappa shape index (κ2) is 2.58. The molecule has 1 aliphatic rings. The summed E-state index contributed by atoms with van der Waals surface area (Å²) in [6, 6.07) is 0. The Morgan fingerprint density at radius 2 is 2.30 bits per heavy atom. The van der Waals surface area contributed by atoms with E-state index in [4.69, 9.17) is 5.11 Å². The van der Waals surface area contributed by atoms with Crippen molar-refractivity contribution in [3.8, 4) is 0 Å². The molecule has 1 aliphatic carbocycles. The Morgan fingerprint density at radius 1 is 1.70 bits per heavy atom. The van der Waals surface area contributed by atoms with E-state index >= 15 is 0 Å². The third-order valence-corrected chi connectivity index (χ3v) is 2.14. The smallest absolute Gasteiger partial charge is 0.0810 e. The molecule has 0 bridgehead atoms. The lowest BCUT2D eigenvalue weighted by atomic mass is 10.3. The molecule has 0 radical (unpaired) electrons. The molecule has 3 nitrogen and oxygen atoms in total. The first-order valence-electron chi connectivity index (χ1n) is 3.64. The SMILES string of the molecule is C=NN(CC)C1(CO)CC1. The number of aliphatic hydroxyl groups is 1. The molecule has 1 rings (SSSR count). The highest BCUT2D eigenvalue weighted by Gasteiger charge is 2.46. The van der Waals surface area contributed by atoms with Gasteiger partial charge in [-0.05, 0) is 19.8 Å². The highest BCUT2D eigenvalue weighted by atomic mass is 16.3. The Balaban J connectivity index is 2.51. The summed E-state index contributed by atoms with van der Waals surface area (Å²) in [5.41, 5.74) is -0.0312. The summed E-state index contributed by atoms with van der Waals surface area (Å²) in [7, 11) is 0. The van der Waals surface area contributed by atoms with Gasteiger partial charge in [-0.1, -0.05) is 0 Å². The molecule has 0 aromatic heterocycles. The molecular formula is C7H14N2O. The predicted molar refractivity (Wildman–Crippen MR) is 41.0 cm³/mol. The normalized spacial score (nSPS) is 20.2. The number of hydrogen-bond donors (Lipinski definition) is 1. The van der Waals surface area contributed by atoms with Gasteiger partial charge in [-0.2, -0.15) is 5.10 Å². The summed E-state index contributed by atoms with van der Waals surface area (Å²) in [6.07, 6.45) is 2.10. The first-order chi connectivity index (χ1) is 4.79. The maximum absolute atomic E-state index is 8.96. The summed E-state index contributed by atoms with van der Waals surface area (Å²) in [6.45, 7) is 6.51. The Kier molecular flexibility index (Phi) is 1.94. The third kappa shape index (κ3) is 1.01. The van der Waals surface area contributed by atoms with Gasteiger partial charge in [0.2, 0.25) is 0 Å². The minimum absolute atomic E-state index is 0.0312. The van der Waals surface area contributed by atoms with Crippen LogP contribution in [0.3, 0.4) is 0 Å². The Labute approximate surface area is 61.3 Å². The fourth-order valence-electron chi connectivity index (χ4n) is 1.23. The molecule has 0 unspecified atom stereocenters. The van der Waals surface area contributed by atoms with Gasteiger partial charge in [0, 0.05) is 13.3 Å². The van der Waals surface area contributed by atoms with Crippen molar-refractivity contribution in [2.75, 3.05) is 13.2 Å². The van der Waals surface area contributed by atoms with Crippen molar-refractivity contribution in [1.82, 2.24) is 5.01 Å². The molecule has 1 N–H and O–H groups in total. The van der Waals surface area contributed by atoms with Crippen LogP contribution in [-0.4, -0.2) is 35.5 Å². The van der Waals surface area contributed by atoms with Crippen LogP contribution in [0.4, 0.5) is 0 Å². The predicted octanol–water partition coefficient (Wildman–Crippen LogP) is 0.449. The minimum Gasteiger partial charge on any atom is -0.394 e. The summed E-state index contributed by atoms with van der Waals surface area (Å²) < 4.78 is 0. The molecule has 0 saturated heterocycles. The molecule has 1 fully saturated rings. The molecule has 3 heteroatoms. The van der Waals surface area contributed by atoms with Crippen molar-refractivity contribution >= 4 is 6.72 Å². The van der Waals surface area contributed by atoms with Gasteiger partial charge in [-0.15, -0.1) is 0 Å². The van der Waals surface area contributed by atoms with Gasteiger partial charge in [0.15, 0.2) is 0 Å². The molecule has 10 heavy (non-hydrogen) atoms. The molecule has 0 spiro atoms. The van der Waals surface area contributed by atoms with Crippen LogP contribution in [0.5, 0.6) is 0 Å². The molecule has 1 saturated carbocycles. The maximum Gasteiger partial charge on any atom is 0.0810 e. The molecule has 0 aromatic carbocycles. The lowest BCUT2D eigenvalue weighted by molar-refractivity contribution is 0.115. The zero-order valence-corrected chi connectivity index (χ0v) is 6.38. The highest BCUT2D eigenvalue weighted by Crippen LogP contribution is 2.40. The van der Waals surface area contributed by atoms with Crippen LogP contribution in [0.15, 0.2) is 5.10 Å². The van der Waals surface area contributed by atoms with E-state index in [9.17, 15) is 0 Å². The fraction of sp³-hybridized carbons (Fsp3) is 0.857. The molecule has 0 aromatic rings. The van der Waals surface area contributed by atoms with Crippen molar-refractivity contribution in [3.63, 3.8) is 0 Å². The van der Waals surface area contributed by atoms with Gasteiger partial charge in [-0.3, -0.25) is 5.01 Å². The van der Waals surface area contributed by atoms with E-state index in [1.165, 1.54) is 0 Å². The van der Waals surface area contributed by atoms with Crippen molar-refractivity contribution in [1.29, 1.82) is 0 Å². The van der Waals surface area contributed by atoms with Crippen LogP contribution in [-0.2, 0) is 0 Å². The first kappa shape index (κ1) is 7.54. The van der Waals surface area contributed by atoms with Gasteiger partial charge in [0.25, 0.3) is 0 Å². The largest absolute Gasteiger partial charge is 0.394 e. The van der Waals surface area contributed by atoms with Gasteiger partial charge >= 0.3 is 0 Å². The topological polar surface area (TPSA) is 35.8 Å². The average Bonchev–Trinajstić information content (AvgIpc) is 2.72. The number of hydrogen-bond acceptors (Lipinski definition) is 3. The second-order valence-corrected chi connectivity index (χ2v) is 2.74. The summed E-state index contributed by atoms with van der Waals surface area (Å²) in [4.78, 5) is 0. The number of likely N-dealkylation sites (N-methyl/N-ethyl adjacent to an activating group) is 1. The highest BCUT2D eigenvalue weighted by molar-refractivity contribution is 5.23. The number of aliphatic hydroxyl groups excluding tert-OH is 1. The quantitative estimate of drug-likeness (QED) is 0.457. The zero-order chi connectivity index (χ0) is 7.61. The van der Waals surface area contributed by atoms with Crippen LogP contribution in [0.2, 0.25) is 0 Å². The Hall–Kier alpha value is -0.570. The van der Waals surface area contributed by atoms with Gasteiger partial charge in [-0.25, -0.2) is 0 Å². The minimum atomic E-state index is -0.0312. The van der Waals surface area contributed by atoms with Crippen molar-refractivity contribution in [3.05, 3.63) is 0 Å². The summed E-state index contributed by atoms with van der Waals surface area (Å²) in [5, 5.41) is 14.7. The lowest BCUT2D eigenvalue weighted by Gasteiger charge is -2.25. The molecule has 58 valence electrons. The Morgan fingerprint density at radius 3 is 2.40 bits per heavy atom. The summed E-state index contributed by atoms with van der Waals surface area (Å²) in [5.74, 6) is 0. The van der Waals surface area contributed by atoms with Crippen molar-refractivity contribution in [2.24, 2.45) is 5.10 Å². The van der Waals surface area contributed by atoms with Crippen LogP contribution in [0.1, 0.15) is 19.8 Å². The van der Waals surface area contributed by atoms with Crippen molar-refractivity contribution < 1.29 is 5.11 Å². The zero-order valence-electron chi connectivity index (χ0n) is 6.38. The maximum atomic E-state index is 8.96. The summed E-state index contributed by atoms with van der Waals surface area (Å²) >= 11 is 0. The Bertz CT molecular complexity index is 132. The molecular weight excluding hydrogens is 128 g/mol. The van der Waals surface area contributed by atoms with Gasteiger partial charge in [0.1, 0.15) is 0 Å². The average molecular weight is 142 g/mol. The molecule has 0 heterocycles. The molecule has 0 aliphatic heterocycles.